The Morgan fingerprint density at radius 1 is 1.40 bits per heavy atom. The van der Waals surface area contributed by atoms with E-state index in [2.05, 4.69) is 5.32 Å². The van der Waals surface area contributed by atoms with Gasteiger partial charge in [0, 0.05) is 19.0 Å². The highest BCUT2D eigenvalue weighted by atomic mass is 16.5. The zero-order valence-corrected chi connectivity index (χ0v) is 11.5. The molecular weight excluding hydrogens is 260 g/mol. The van der Waals surface area contributed by atoms with E-state index in [0.29, 0.717) is 31.7 Å². The number of para-hydroxylation sites is 1. The molecule has 20 heavy (non-hydrogen) atoms. The molecule has 4 N–H and O–H groups in total. The second-order valence-electron chi connectivity index (χ2n) is 4.40. The summed E-state index contributed by atoms with van der Waals surface area (Å²) in [7, 11) is 0. The second-order valence-corrected chi connectivity index (χ2v) is 4.40. The lowest BCUT2D eigenvalue weighted by atomic mass is 10.1. The predicted octanol–water partition coefficient (Wildman–Crippen LogP) is 0.894. The third-order valence-electron chi connectivity index (χ3n) is 2.76. The number of carbonyl (C=O) groups is 2. The molecule has 6 nitrogen and oxygen atoms in total. The summed E-state index contributed by atoms with van der Waals surface area (Å²) >= 11 is 0. The highest BCUT2D eigenvalue weighted by Crippen LogP contribution is 2.18. The van der Waals surface area contributed by atoms with Crippen molar-refractivity contribution >= 4 is 11.9 Å². The number of carboxylic acid groups (broad SMARTS) is 1. The van der Waals surface area contributed by atoms with Crippen LogP contribution in [0.1, 0.15) is 25.3 Å². The van der Waals surface area contributed by atoms with Gasteiger partial charge in [0.15, 0.2) is 0 Å². The molecule has 110 valence electrons. The molecule has 0 bridgehead atoms. The van der Waals surface area contributed by atoms with Crippen molar-refractivity contribution in [2.45, 2.75) is 32.4 Å². The van der Waals surface area contributed by atoms with E-state index in [1.807, 2.05) is 0 Å². The third kappa shape index (κ3) is 5.38. The van der Waals surface area contributed by atoms with Crippen LogP contribution in [0.5, 0.6) is 5.75 Å². The van der Waals surface area contributed by atoms with Crippen molar-refractivity contribution in [3.63, 3.8) is 0 Å². The zero-order chi connectivity index (χ0) is 15.0. The van der Waals surface area contributed by atoms with Crippen molar-refractivity contribution in [3.8, 4) is 5.75 Å². The fourth-order valence-electron chi connectivity index (χ4n) is 1.77. The fourth-order valence-corrected chi connectivity index (χ4v) is 1.77. The van der Waals surface area contributed by atoms with Crippen molar-refractivity contribution in [2.75, 3.05) is 6.54 Å². The molecule has 1 atom stereocenters. The van der Waals surface area contributed by atoms with Crippen molar-refractivity contribution in [1.82, 2.24) is 5.32 Å². The summed E-state index contributed by atoms with van der Waals surface area (Å²) < 4.78 is 5.07. The zero-order valence-electron chi connectivity index (χ0n) is 11.5. The Hall–Kier alpha value is -1.92. The fraction of sp³-hybridized carbons (Fsp3) is 0.429. The van der Waals surface area contributed by atoms with Gasteiger partial charge in [0.25, 0.3) is 0 Å². The Morgan fingerprint density at radius 3 is 2.70 bits per heavy atom. The minimum atomic E-state index is -0.914. The topological polar surface area (TPSA) is 102 Å². The van der Waals surface area contributed by atoms with Crippen LogP contribution in [0.3, 0.4) is 0 Å². The molecule has 0 saturated heterocycles. The van der Waals surface area contributed by atoms with Crippen molar-refractivity contribution in [3.05, 3.63) is 29.8 Å². The van der Waals surface area contributed by atoms with Crippen LogP contribution in [-0.2, 0) is 16.1 Å². The molecule has 0 spiro atoms. The van der Waals surface area contributed by atoms with Crippen LogP contribution in [0.4, 0.5) is 0 Å². The number of hydrogen-bond donors (Lipinski definition) is 3. The molecule has 0 amide bonds. The molecule has 0 aromatic heterocycles. The first-order valence-corrected chi connectivity index (χ1v) is 6.47. The molecule has 0 saturated carbocycles. The average Bonchev–Trinajstić information content (AvgIpc) is 2.39. The first-order chi connectivity index (χ1) is 9.54. The van der Waals surface area contributed by atoms with Gasteiger partial charge in [-0.05, 0) is 25.5 Å². The summed E-state index contributed by atoms with van der Waals surface area (Å²) in [5, 5.41) is 12.0. The molecular formula is C14H20N2O4. The number of ether oxygens (including phenoxy) is 1. The Balaban J connectivity index is 2.67. The van der Waals surface area contributed by atoms with Gasteiger partial charge in [0.05, 0.1) is 0 Å². The molecule has 6 heteroatoms. The SMILES string of the molecule is CC(=O)Oc1ccccc1CN[C@@H](CCCN)C(=O)O. The largest absolute Gasteiger partial charge is 0.480 e. The number of carbonyl (C=O) groups excluding carboxylic acids is 1. The van der Waals surface area contributed by atoms with Crippen molar-refractivity contribution in [2.24, 2.45) is 5.73 Å². The summed E-state index contributed by atoms with van der Waals surface area (Å²) in [6.45, 7) is 2.09. The molecule has 1 aromatic carbocycles. The average molecular weight is 280 g/mol. The number of benzene rings is 1. The van der Waals surface area contributed by atoms with Gasteiger partial charge in [-0.2, -0.15) is 0 Å². The van der Waals surface area contributed by atoms with Gasteiger partial charge in [-0.25, -0.2) is 0 Å². The van der Waals surface area contributed by atoms with Gasteiger partial charge in [-0.3, -0.25) is 9.59 Å². The van der Waals surface area contributed by atoms with Gasteiger partial charge in [-0.15, -0.1) is 0 Å². The quantitative estimate of drug-likeness (QED) is 0.483. The highest BCUT2D eigenvalue weighted by molar-refractivity contribution is 5.73. The van der Waals surface area contributed by atoms with E-state index in [-0.39, 0.29) is 0 Å². The van der Waals surface area contributed by atoms with Crippen LogP contribution >= 0.6 is 0 Å². The number of esters is 1. The van der Waals surface area contributed by atoms with E-state index in [1.165, 1.54) is 6.92 Å². The van der Waals surface area contributed by atoms with E-state index in [0.717, 1.165) is 5.56 Å². The molecule has 0 radical (unpaired) electrons. The van der Waals surface area contributed by atoms with Gasteiger partial charge in [-0.1, -0.05) is 18.2 Å². The monoisotopic (exact) mass is 280 g/mol. The number of nitrogens with two attached hydrogens (primary N) is 1. The van der Waals surface area contributed by atoms with Crippen LogP contribution in [-0.4, -0.2) is 29.6 Å². The Morgan fingerprint density at radius 2 is 2.10 bits per heavy atom. The summed E-state index contributed by atoms with van der Waals surface area (Å²) in [5.74, 6) is -0.880. The van der Waals surface area contributed by atoms with Gasteiger partial charge in [0.2, 0.25) is 0 Å². The van der Waals surface area contributed by atoms with E-state index in [1.54, 1.807) is 24.3 Å². The summed E-state index contributed by atoms with van der Waals surface area (Å²) in [6, 6.07) is 6.36. The molecule has 0 unspecified atom stereocenters. The smallest absolute Gasteiger partial charge is 0.320 e. The summed E-state index contributed by atoms with van der Waals surface area (Å²) in [4.78, 5) is 22.1. The van der Waals surface area contributed by atoms with Crippen LogP contribution < -0.4 is 15.8 Å². The third-order valence-corrected chi connectivity index (χ3v) is 2.76. The molecule has 0 aliphatic carbocycles. The predicted molar refractivity (Wildman–Crippen MR) is 74.3 cm³/mol. The normalized spacial score (nSPS) is 11.9. The van der Waals surface area contributed by atoms with E-state index in [9.17, 15) is 9.59 Å². The molecule has 0 fully saturated rings. The highest BCUT2D eigenvalue weighted by Gasteiger charge is 2.16. The first kappa shape index (κ1) is 16.1. The standard InChI is InChI=1S/C14H20N2O4/c1-10(17)20-13-7-3-2-5-11(13)9-16-12(14(18)19)6-4-8-15/h2-3,5,7,12,16H,4,6,8-9,15H2,1H3,(H,18,19)/t12-/m0/s1. The number of nitrogens with one attached hydrogen (secondary N) is 1. The Labute approximate surface area is 117 Å². The van der Waals surface area contributed by atoms with Gasteiger partial charge < -0.3 is 20.9 Å². The summed E-state index contributed by atoms with van der Waals surface area (Å²) in [5.41, 5.74) is 6.12. The van der Waals surface area contributed by atoms with Crippen LogP contribution in [0.2, 0.25) is 0 Å². The maximum Gasteiger partial charge on any atom is 0.320 e. The molecule has 0 aliphatic heterocycles. The minimum Gasteiger partial charge on any atom is -0.480 e. The number of hydrogen-bond acceptors (Lipinski definition) is 5. The Bertz CT molecular complexity index is 462. The summed E-state index contributed by atoms with van der Waals surface area (Å²) in [6.07, 6.45) is 1.09. The lowest BCUT2D eigenvalue weighted by Crippen LogP contribution is -2.36. The number of carboxylic acids is 1. The van der Waals surface area contributed by atoms with Crippen LogP contribution in [0, 0.1) is 0 Å². The van der Waals surface area contributed by atoms with E-state index < -0.39 is 18.0 Å². The molecule has 1 rings (SSSR count). The van der Waals surface area contributed by atoms with Crippen molar-refractivity contribution in [1.29, 1.82) is 0 Å². The van der Waals surface area contributed by atoms with Gasteiger partial charge in [0.1, 0.15) is 11.8 Å². The maximum atomic E-state index is 11.1. The maximum absolute atomic E-state index is 11.1. The van der Waals surface area contributed by atoms with E-state index in [4.69, 9.17) is 15.6 Å². The number of aliphatic carboxylic acids is 1. The van der Waals surface area contributed by atoms with E-state index >= 15 is 0 Å². The lowest BCUT2D eigenvalue weighted by molar-refractivity contribution is -0.139. The minimum absolute atomic E-state index is 0.311. The lowest BCUT2D eigenvalue weighted by Gasteiger charge is -2.15. The Kier molecular flexibility index (Phi) is 6.69. The second kappa shape index (κ2) is 8.29. The van der Waals surface area contributed by atoms with Gasteiger partial charge >= 0.3 is 11.9 Å². The molecule has 1 aromatic rings. The van der Waals surface area contributed by atoms with Crippen molar-refractivity contribution < 1.29 is 19.4 Å². The van der Waals surface area contributed by atoms with Crippen LogP contribution in [0.25, 0.3) is 0 Å². The first-order valence-electron chi connectivity index (χ1n) is 6.47. The molecule has 0 heterocycles. The molecule has 0 aliphatic rings. The van der Waals surface area contributed by atoms with Crippen LogP contribution in [0.15, 0.2) is 24.3 Å². The number of rotatable bonds is 8.